The van der Waals surface area contributed by atoms with E-state index in [4.69, 9.17) is 0 Å². The topological polar surface area (TPSA) is 122 Å². The second-order valence-corrected chi connectivity index (χ2v) is 12.3. The highest BCUT2D eigenvalue weighted by Crippen LogP contribution is 2.31. The van der Waals surface area contributed by atoms with Crippen LogP contribution in [0.1, 0.15) is 36.3 Å². The monoisotopic (exact) mass is 529 g/mol. The van der Waals surface area contributed by atoms with Gasteiger partial charge in [-0.25, -0.2) is 45.0 Å². The molecule has 0 saturated carbocycles. The van der Waals surface area contributed by atoms with Crippen LogP contribution in [0.5, 0.6) is 0 Å². The summed E-state index contributed by atoms with van der Waals surface area (Å²) in [5.74, 6) is -1.11. The summed E-state index contributed by atoms with van der Waals surface area (Å²) in [6, 6.07) is 4.17. The van der Waals surface area contributed by atoms with Gasteiger partial charge in [0.2, 0.25) is 0 Å². The minimum absolute atomic E-state index is 0.0105. The van der Waals surface area contributed by atoms with Crippen molar-refractivity contribution in [2.75, 3.05) is 29.9 Å². The van der Waals surface area contributed by atoms with E-state index in [1.54, 1.807) is 13.8 Å². The first-order chi connectivity index (χ1) is 16.4. The summed E-state index contributed by atoms with van der Waals surface area (Å²) >= 11 is 0. The van der Waals surface area contributed by atoms with Gasteiger partial charge in [0, 0.05) is 24.0 Å². The van der Waals surface area contributed by atoms with Crippen LogP contribution in [-0.2, 0) is 19.9 Å². The lowest BCUT2D eigenvalue weighted by Crippen LogP contribution is -2.43. The van der Waals surface area contributed by atoms with Gasteiger partial charge >= 0.3 is 0 Å². The van der Waals surface area contributed by atoms with Gasteiger partial charge in [-0.3, -0.25) is 0 Å². The van der Waals surface area contributed by atoms with Gasteiger partial charge < -0.3 is 5.32 Å². The summed E-state index contributed by atoms with van der Waals surface area (Å²) in [6.45, 7) is 2.80. The van der Waals surface area contributed by atoms with Crippen LogP contribution < -0.4 is 5.32 Å². The third-order valence-corrected chi connectivity index (χ3v) is 9.10. The summed E-state index contributed by atoms with van der Waals surface area (Å²) in [5.41, 5.74) is -0.418. The Morgan fingerprint density at radius 1 is 1.11 bits per heavy atom. The Bertz CT molecular complexity index is 1490. The molecule has 4 rings (SSSR count). The van der Waals surface area contributed by atoms with E-state index >= 15 is 0 Å². The molecule has 0 bridgehead atoms. The molecule has 1 saturated heterocycles. The number of nitrogens with zero attached hydrogens (tertiary/aromatic N) is 4. The Balaban J connectivity index is 1.72. The van der Waals surface area contributed by atoms with Gasteiger partial charge in [-0.1, -0.05) is 18.2 Å². The molecule has 1 aliphatic heterocycles. The van der Waals surface area contributed by atoms with Crippen molar-refractivity contribution < 1.29 is 30.0 Å². The number of hydrogen-bond acceptors (Lipinski definition) is 8. The fourth-order valence-electron chi connectivity index (χ4n) is 3.80. The molecule has 188 valence electrons. The van der Waals surface area contributed by atoms with Crippen LogP contribution in [0.4, 0.5) is 19.0 Å². The maximum absolute atomic E-state index is 14.7. The molecule has 3 heterocycles. The van der Waals surface area contributed by atoms with Crippen molar-refractivity contribution in [2.24, 2.45) is 0 Å². The number of halogens is 3. The van der Waals surface area contributed by atoms with Gasteiger partial charge in [0.1, 0.15) is 17.5 Å². The van der Waals surface area contributed by atoms with Crippen LogP contribution >= 0.6 is 0 Å². The molecule has 1 atom stereocenters. The fraction of sp³-hybridized carbons (Fsp3) is 0.381. The molecule has 3 aromatic rings. The number of sulfone groups is 1. The second kappa shape index (κ2) is 9.32. The smallest absolute Gasteiger partial charge is 0.266 e. The number of anilines is 1. The van der Waals surface area contributed by atoms with Gasteiger partial charge in [0.15, 0.2) is 14.9 Å². The number of aryl methyl sites for hydroxylation is 1. The number of hydrogen-bond donors (Lipinski definition) is 1. The Kier molecular flexibility index (Phi) is 6.72. The van der Waals surface area contributed by atoms with Crippen molar-refractivity contribution in [1.82, 2.24) is 19.3 Å². The Labute approximate surface area is 200 Å². The lowest BCUT2D eigenvalue weighted by molar-refractivity contribution is 0.146. The first-order valence-electron chi connectivity index (χ1n) is 10.6. The number of aromatic nitrogens is 3. The summed E-state index contributed by atoms with van der Waals surface area (Å²) in [4.78, 5) is 12.6. The Morgan fingerprint density at radius 2 is 1.77 bits per heavy atom. The van der Waals surface area contributed by atoms with Gasteiger partial charge in [-0.15, -0.1) is 0 Å². The predicted octanol–water partition coefficient (Wildman–Crippen LogP) is 3.00. The number of nitrogens with one attached hydrogen (secondary N) is 1. The van der Waals surface area contributed by atoms with Gasteiger partial charge in [-0.05, 0) is 19.9 Å². The quantitative estimate of drug-likeness (QED) is 0.517. The van der Waals surface area contributed by atoms with Crippen LogP contribution in [0.3, 0.4) is 0 Å². The average molecular weight is 530 g/mol. The summed E-state index contributed by atoms with van der Waals surface area (Å²) in [5, 5.41) is 2.91. The summed E-state index contributed by atoms with van der Waals surface area (Å²) < 4.78 is 91.5. The molecular weight excluding hydrogens is 507 g/mol. The van der Waals surface area contributed by atoms with Crippen molar-refractivity contribution in [2.45, 2.75) is 31.3 Å². The third kappa shape index (κ3) is 5.09. The SMILES string of the molecule is Cc1nc(N[C@H](C)c2cccc(C(F)F)c2F)c2cc(S(=O)(=O)N3CCS(=O)(=O)CC3)ncc2n1. The first-order valence-corrected chi connectivity index (χ1v) is 13.8. The van der Waals surface area contributed by atoms with E-state index in [2.05, 4.69) is 20.3 Å². The lowest BCUT2D eigenvalue weighted by atomic mass is 10.0. The molecule has 35 heavy (non-hydrogen) atoms. The van der Waals surface area contributed by atoms with E-state index in [0.29, 0.717) is 11.3 Å². The lowest BCUT2D eigenvalue weighted by Gasteiger charge is -2.25. The van der Waals surface area contributed by atoms with E-state index in [1.807, 2.05) is 0 Å². The van der Waals surface area contributed by atoms with E-state index in [9.17, 15) is 30.0 Å². The molecule has 0 aliphatic carbocycles. The molecule has 1 aliphatic rings. The van der Waals surface area contributed by atoms with Gasteiger partial charge in [0.25, 0.3) is 16.4 Å². The molecule has 0 unspecified atom stereocenters. The molecule has 14 heteroatoms. The molecule has 2 aromatic heterocycles. The van der Waals surface area contributed by atoms with Crippen molar-refractivity contribution in [3.63, 3.8) is 0 Å². The van der Waals surface area contributed by atoms with Crippen molar-refractivity contribution in [3.05, 3.63) is 53.2 Å². The normalized spacial score (nSPS) is 17.5. The number of fused-ring (bicyclic) bond motifs is 1. The van der Waals surface area contributed by atoms with E-state index < -0.39 is 43.7 Å². The van der Waals surface area contributed by atoms with E-state index in [0.717, 1.165) is 10.4 Å². The largest absolute Gasteiger partial charge is 0.363 e. The molecule has 1 N–H and O–H groups in total. The maximum Gasteiger partial charge on any atom is 0.266 e. The van der Waals surface area contributed by atoms with E-state index in [-0.39, 0.29) is 46.4 Å². The van der Waals surface area contributed by atoms with Crippen molar-refractivity contribution in [3.8, 4) is 0 Å². The molecule has 0 radical (unpaired) electrons. The molecule has 1 fully saturated rings. The fourth-order valence-corrected chi connectivity index (χ4v) is 6.62. The minimum atomic E-state index is -4.10. The van der Waals surface area contributed by atoms with Crippen LogP contribution in [-0.4, -0.2) is 60.7 Å². The average Bonchev–Trinajstić information content (AvgIpc) is 2.78. The zero-order valence-electron chi connectivity index (χ0n) is 18.7. The van der Waals surface area contributed by atoms with Gasteiger partial charge in [-0.2, -0.15) is 4.31 Å². The number of pyridine rings is 1. The molecule has 9 nitrogen and oxygen atoms in total. The third-order valence-electron chi connectivity index (χ3n) is 5.69. The Hall–Kier alpha value is -2.84. The zero-order valence-corrected chi connectivity index (χ0v) is 20.4. The maximum atomic E-state index is 14.7. The molecular formula is C21H22F3N5O4S2. The van der Waals surface area contributed by atoms with Gasteiger partial charge in [0.05, 0.1) is 34.8 Å². The number of rotatable bonds is 6. The van der Waals surface area contributed by atoms with Crippen LogP contribution in [0.2, 0.25) is 0 Å². The number of benzene rings is 1. The van der Waals surface area contributed by atoms with Crippen LogP contribution in [0, 0.1) is 12.7 Å². The summed E-state index contributed by atoms with van der Waals surface area (Å²) in [6.07, 6.45) is -1.72. The second-order valence-electron chi connectivity index (χ2n) is 8.13. The zero-order chi connectivity index (χ0) is 25.5. The standard InChI is InChI=1S/C21H22F3N5O4S2/c1-12(14-4-3-5-15(19(14)22)20(23)24)26-21-16-10-18(25-11-17(16)27-13(2)28-21)35(32,33)29-6-8-34(30,31)9-7-29/h3-5,10-12,20H,6-9H2,1-2H3,(H,26,27,28)/t12-/m1/s1. The van der Waals surface area contributed by atoms with Crippen LogP contribution in [0.25, 0.3) is 10.9 Å². The van der Waals surface area contributed by atoms with Crippen LogP contribution in [0.15, 0.2) is 35.5 Å². The predicted molar refractivity (Wildman–Crippen MR) is 123 cm³/mol. The number of sulfonamides is 1. The Morgan fingerprint density at radius 3 is 2.43 bits per heavy atom. The molecule has 0 spiro atoms. The summed E-state index contributed by atoms with van der Waals surface area (Å²) in [7, 11) is -7.39. The first kappa shape index (κ1) is 25.3. The van der Waals surface area contributed by atoms with E-state index in [1.165, 1.54) is 24.4 Å². The molecule has 1 aromatic carbocycles. The van der Waals surface area contributed by atoms with Crippen molar-refractivity contribution in [1.29, 1.82) is 0 Å². The highest BCUT2D eigenvalue weighted by Gasteiger charge is 2.32. The number of alkyl halides is 2. The molecule has 0 amide bonds. The van der Waals surface area contributed by atoms with Crippen molar-refractivity contribution >= 4 is 36.6 Å². The highest BCUT2D eigenvalue weighted by molar-refractivity contribution is 7.92. The minimum Gasteiger partial charge on any atom is -0.363 e. The highest BCUT2D eigenvalue weighted by atomic mass is 32.2.